The van der Waals surface area contributed by atoms with Gasteiger partial charge in [0.15, 0.2) is 0 Å². The van der Waals surface area contributed by atoms with Crippen molar-refractivity contribution in [1.29, 1.82) is 0 Å². The SMILES string of the molecule is CN(C)c1[c-]ccc2ccc(Br)c(N(C)C)c12.[Li+]. The number of fused-ring (bicyclic) bond motifs is 1. The molecule has 4 heteroatoms. The monoisotopic (exact) mass is 298 g/mol. The van der Waals surface area contributed by atoms with E-state index < -0.39 is 0 Å². The van der Waals surface area contributed by atoms with Crippen LogP contribution in [0.15, 0.2) is 28.7 Å². The van der Waals surface area contributed by atoms with Crippen LogP contribution in [0.2, 0.25) is 0 Å². The van der Waals surface area contributed by atoms with Crippen molar-refractivity contribution < 1.29 is 18.9 Å². The van der Waals surface area contributed by atoms with Gasteiger partial charge in [-0.25, -0.2) is 0 Å². The van der Waals surface area contributed by atoms with E-state index in [4.69, 9.17) is 0 Å². The van der Waals surface area contributed by atoms with Crippen molar-refractivity contribution in [3.8, 4) is 0 Å². The molecule has 0 bridgehead atoms. The molecule has 18 heavy (non-hydrogen) atoms. The number of hydrogen-bond acceptors (Lipinski definition) is 2. The number of nitrogens with zero attached hydrogens (tertiary/aromatic N) is 2. The van der Waals surface area contributed by atoms with Gasteiger partial charge >= 0.3 is 18.9 Å². The molecule has 2 aromatic rings. The Hall–Kier alpha value is -0.623. The molecule has 0 saturated heterocycles. The van der Waals surface area contributed by atoms with E-state index in [1.807, 2.05) is 20.2 Å². The molecule has 0 fully saturated rings. The van der Waals surface area contributed by atoms with E-state index in [1.165, 1.54) is 16.5 Å². The smallest absolute Gasteiger partial charge is 0.399 e. The standard InChI is InChI=1S/C14H16BrN2.Li/c1-16(2)12-7-5-6-10-8-9-11(15)14(13(10)12)17(3)4;/h5-6,8-9H,1-4H3;/q-1;+1. The molecule has 0 saturated carbocycles. The molecular weight excluding hydrogens is 283 g/mol. The summed E-state index contributed by atoms with van der Waals surface area (Å²) in [4.78, 5) is 4.23. The number of hydrogen-bond donors (Lipinski definition) is 0. The molecule has 90 valence electrons. The molecule has 0 atom stereocenters. The van der Waals surface area contributed by atoms with Crippen molar-refractivity contribution in [2.24, 2.45) is 0 Å². The van der Waals surface area contributed by atoms with E-state index in [-0.39, 0.29) is 18.9 Å². The Kier molecular flexibility index (Phi) is 5.16. The molecule has 0 heterocycles. The van der Waals surface area contributed by atoms with Gasteiger partial charge in [-0.3, -0.25) is 0 Å². The third-order valence-corrected chi connectivity index (χ3v) is 3.41. The van der Waals surface area contributed by atoms with Crippen molar-refractivity contribution in [2.45, 2.75) is 0 Å². The maximum absolute atomic E-state index is 3.63. The summed E-state index contributed by atoms with van der Waals surface area (Å²) in [6.45, 7) is 0. The van der Waals surface area contributed by atoms with Crippen molar-refractivity contribution >= 4 is 38.1 Å². The van der Waals surface area contributed by atoms with Gasteiger partial charge in [0.1, 0.15) is 0 Å². The summed E-state index contributed by atoms with van der Waals surface area (Å²) in [5, 5.41) is 2.47. The largest absolute Gasteiger partial charge is 1.00 e. The van der Waals surface area contributed by atoms with Crippen molar-refractivity contribution in [3.63, 3.8) is 0 Å². The Bertz CT molecular complexity index is 553. The first-order valence-corrected chi connectivity index (χ1v) is 6.29. The van der Waals surface area contributed by atoms with Crippen LogP contribution in [0.4, 0.5) is 11.4 Å². The third kappa shape index (κ3) is 2.69. The zero-order valence-corrected chi connectivity index (χ0v) is 13.2. The third-order valence-electron chi connectivity index (χ3n) is 2.78. The first-order chi connectivity index (χ1) is 8.02. The van der Waals surface area contributed by atoms with Gasteiger partial charge in [0.2, 0.25) is 0 Å². The van der Waals surface area contributed by atoms with Crippen LogP contribution < -0.4 is 28.7 Å². The molecular formula is C14H16BrLiN2. The van der Waals surface area contributed by atoms with Gasteiger partial charge in [0, 0.05) is 38.4 Å². The Morgan fingerprint density at radius 1 is 1.00 bits per heavy atom. The van der Waals surface area contributed by atoms with Crippen LogP contribution in [0, 0.1) is 6.07 Å². The topological polar surface area (TPSA) is 6.48 Å². The Balaban J connectivity index is 0.00000162. The van der Waals surface area contributed by atoms with Crippen LogP contribution in [0.25, 0.3) is 10.8 Å². The average molecular weight is 299 g/mol. The van der Waals surface area contributed by atoms with Gasteiger partial charge in [0.25, 0.3) is 0 Å². The minimum absolute atomic E-state index is 0. The van der Waals surface area contributed by atoms with Crippen molar-refractivity contribution in [1.82, 2.24) is 0 Å². The van der Waals surface area contributed by atoms with Crippen molar-refractivity contribution in [2.75, 3.05) is 38.0 Å². The minimum Gasteiger partial charge on any atom is -0.399 e. The van der Waals surface area contributed by atoms with Crippen LogP contribution in [0.5, 0.6) is 0 Å². The van der Waals surface area contributed by atoms with E-state index in [2.05, 4.69) is 64.1 Å². The van der Waals surface area contributed by atoms with Gasteiger partial charge in [0.05, 0.1) is 0 Å². The molecule has 2 aromatic carbocycles. The van der Waals surface area contributed by atoms with E-state index >= 15 is 0 Å². The van der Waals surface area contributed by atoms with Gasteiger partial charge < -0.3 is 9.80 Å². The summed E-state index contributed by atoms with van der Waals surface area (Å²) in [6.07, 6.45) is 0. The maximum atomic E-state index is 3.63. The van der Waals surface area contributed by atoms with Gasteiger partial charge in [-0.05, 0) is 22.0 Å². The van der Waals surface area contributed by atoms with Crippen LogP contribution in [0.1, 0.15) is 0 Å². The molecule has 0 aliphatic heterocycles. The first-order valence-electron chi connectivity index (χ1n) is 5.50. The number of anilines is 2. The van der Waals surface area contributed by atoms with Gasteiger partial charge in [-0.1, -0.05) is 17.1 Å². The van der Waals surface area contributed by atoms with Gasteiger partial charge in [-0.2, -0.15) is 18.2 Å². The summed E-state index contributed by atoms with van der Waals surface area (Å²) in [5.74, 6) is 0. The summed E-state index contributed by atoms with van der Waals surface area (Å²) in [7, 11) is 8.22. The van der Waals surface area contributed by atoms with Gasteiger partial charge in [-0.15, -0.1) is 5.39 Å². The zero-order valence-electron chi connectivity index (χ0n) is 11.6. The number of halogens is 1. The summed E-state index contributed by atoms with van der Waals surface area (Å²) in [6, 6.07) is 11.6. The fraction of sp³-hybridized carbons (Fsp3) is 0.286. The molecule has 0 aliphatic carbocycles. The Labute approximate surface area is 129 Å². The maximum Gasteiger partial charge on any atom is 1.00 e. The normalized spacial score (nSPS) is 10.1. The predicted molar refractivity (Wildman–Crippen MR) is 79.1 cm³/mol. The molecule has 0 aromatic heterocycles. The molecule has 2 rings (SSSR count). The minimum atomic E-state index is 0. The fourth-order valence-electron chi connectivity index (χ4n) is 2.04. The molecule has 0 aliphatic rings. The molecule has 2 nitrogen and oxygen atoms in total. The molecule has 0 radical (unpaired) electrons. The van der Waals surface area contributed by atoms with Crippen LogP contribution in [0.3, 0.4) is 0 Å². The predicted octanol–water partition coefficient (Wildman–Crippen LogP) is 0.538. The molecule has 0 N–H and O–H groups in total. The second-order valence-corrected chi connectivity index (χ2v) is 5.33. The summed E-state index contributed by atoms with van der Waals surface area (Å²) >= 11 is 3.63. The van der Waals surface area contributed by atoms with E-state index in [0.29, 0.717) is 0 Å². The van der Waals surface area contributed by atoms with Crippen LogP contribution in [-0.4, -0.2) is 28.2 Å². The Morgan fingerprint density at radius 2 is 1.67 bits per heavy atom. The second-order valence-electron chi connectivity index (χ2n) is 4.48. The molecule has 0 spiro atoms. The molecule has 0 unspecified atom stereocenters. The van der Waals surface area contributed by atoms with E-state index in [9.17, 15) is 0 Å². The Morgan fingerprint density at radius 3 is 2.22 bits per heavy atom. The van der Waals surface area contributed by atoms with E-state index in [1.54, 1.807) is 0 Å². The number of rotatable bonds is 2. The number of benzene rings is 2. The van der Waals surface area contributed by atoms with Crippen LogP contribution >= 0.6 is 15.9 Å². The van der Waals surface area contributed by atoms with E-state index in [0.717, 1.165) is 10.2 Å². The molecule has 0 amide bonds. The van der Waals surface area contributed by atoms with Crippen molar-refractivity contribution in [3.05, 3.63) is 34.8 Å². The first kappa shape index (κ1) is 15.4. The summed E-state index contributed by atoms with van der Waals surface area (Å²) < 4.78 is 1.11. The van der Waals surface area contributed by atoms with Crippen LogP contribution in [-0.2, 0) is 0 Å². The average Bonchev–Trinajstić information content (AvgIpc) is 2.27. The second kappa shape index (κ2) is 6.01. The quantitative estimate of drug-likeness (QED) is 0.590. The fourth-order valence-corrected chi connectivity index (χ4v) is 2.73. The summed E-state index contributed by atoms with van der Waals surface area (Å²) in [5.41, 5.74) is 2.32. The zero-order chi connectivity index (χ0) is 12.6.